The second-order valence-electron chi connectivity index (χ2n) is 9.18. The fourth-order valence-electron chi connectivity index (χ4n) is 4.44. The van der Waals surface area contributed by atoms with Gasteiger partial charge in [0, 0.05) is 12.5 Å². The molecule has 174 valence electrons. The molecule has 1 fully saturated rings. The average molecular weight is 457 g/mol. The van der Waals surface area contributed by atoms with Crippen LogP contribution in [0.25, 0.3) is 0 Å². The van der Waals surface area contributed by atoms with Gasteiger partial charge in [-0.05, 0) is 86.9 Å². The van der Waals surface area contributed by atoms with Crippen molar-refractivity contribution in [2.24, 2.45) is 0 Å². The van der Waals surface area contributed by atoms with Crippen LogP contribution in [0, 0.1) is 20.8 Å². The van der Waals surface area contributed by atoms with E-state index >= 15 is 0 Å². The SMILES string of the molecule is Cc1cc(C)c([C@@H](C)NC(=O)CCc2ccc(S(=O)(=O)NC3CCCCC3)cc2)cc1C. The molecule has 2 N–H and O–H groups in total. The van der Waals surface area contributed by atoms with E-state index in [9.17, 15) is 13.2 Å². The molecule has 32 heavy (non-hydrogen) atoms. The van der Waals surface area contributed by atoms with Gasteiger partial charge >= 0.3 is 0 Å². The largest absolute Gasteiger partial charge is 0.350 e. The lowest BCUT2D eigenvalue weighted by atomic mass is 9.96. The molecule has 3 rings (SSSR count). The summed E-state index contributed by atoms with van der Waals surface area (Å²) in [5, 5.41) is 3.09. The Kier molecular flexibility index (Phi) is 8.12. The van der Waals surface area contributed by atoms with Crippen LogP contribution in [0.5, 0.6) is 0 Å². The minimum Gasteiger partial charge on any atom is -0.350 e. The fourth-order valence-corrected chi connectivity index (χ4v) is 5.75. The summed E-state index contributed by atoms with van der Waals surface area (Å²) >= 11 is 0. The van der Waals surface area contributed by atoms with Gasteiger partial charge in [0.2, 0.25) is 15.9 Å². The molecular weight excluding hydrogens is 420 g/mol. The summed E-state index contributed by atoms with van der Waals surface area (Å²) in [7, 11) is -3.49. The number of rotatable bonds is 8. The van der Waals surface area contributed by atoms with Crippen molar-refractivity contribution in [2.45, 2.75) is 89.6 Å². The Morgan fingerprint density at radius 3 is 2.25 bits per heavy atom. The molecule has 0 spiro atoms. The third-order valence-electron chi connectivity index (χ3n) is 6.53. The molecule has 0 saturated heterocycles. The van der Waals surface area contributed by atoms with Crippen molar-refractivity contribution >= 4 is 15.9 Å². The minimum absolute atomic E-state index is 0.00853. The van der Waals surface area contributed by atoms with Gasteiger partial charge in [-0.3, -0.25) is 4.79 Å². The van der Waals surface area contributed by atoms with E-state index in [2.05, 4.69) is 42.9 Å². The first kappa shape index (κ1) is 24.5. The lowest BCUT2D eigenvalue weighted by Crippen LogP contribution is -2.36. The summed E-state index contributed by atoms with van der Waals surface area (Å²) in [6.07, 6.45) is 6.09. The number of aryl methyl sites for hydroxylation is 4. The molecule has 0 unspecified atom stereocenters. The van der Waals surface area contributed by atoms with Crippen molar-refractivity contribution in [1.29, 1.82) is 0 Å². The first-order valence-electron chi connectivity index (χ1n) is 11.6. The molecule has 1 atom stereocenters. The topological polar surface area (TPSA) is 75.3 Å². The Bertz CT molecular complexity index is 1040. The van der Waals surface area contributed by atoms with E-state index in [1.807, 2.05) is 6.92 Å². The zero-order chi connectivity index (χ0) is 23.3. The van der Waals surface area contributed by atoms with E-state index in [0.29, 0.717) is 12.8 Å². The average Bonchev–Trinajstić information content (AvgIpc) is 2.75. The molecule has 2 aromatic rings. The highest BCUT2D eigenvalue weighted by Gasteiger charge is 2.21. The summed E-state index contributed by atoms with van der Waals surface area (Å²) in [5.41, 5.74) is 5.75. The molecule has 5 nitrogen and oxygen atoms in total. The second kappa shape index (κ2) is 10.6. The first-order valence-corrected chi connectivity index (χ1v) is 13.1. The molecule has 1 aliphatic rings. The zero-order valence-electron chi connectivity index (χ0n) is 19.7. The van der Waals surface area contributed by atoms with Crippen LogP contribution in [-0.2, 0) is 21.2 Å². The second-order valence-corrected chi connectivity index (χ2v) is 10.9. The Morgan fingerprint density at radius 1 is 0.969 bits per heavy atom. The summed E-state index contributed by atoms with van der Waals surface area (Å²) < 4.78 is 28.1. The van der Waals surface area contributed by atoms with Crippen molar-refractivity contribution in [3.05, 3.63) is 64.2 Å². The van der Waals surface area contributed by atoms with Gasteiger partial charge in [-0.1, -0.05) is 43.5 Å². The Hall–Kier alpha value is -2.18. The van der Waals surface area contributed by atoms with Crippen LogP contribution in [0.3, 0.4) is 0 Å². The van der Waals surface area contributed by atoms with Crippen molar-refractivity contribution in [1.82, 2.24) is 10.0 Å². The Morgan fingerprint density at radius 2 is 1.59 bits per heavy atom. The van der Waals surface area contributed by atoms with E-state index < -0.39 is 10.0 Å². The smallest absolute Gasteiger partial charge is 0.240 e. The van der Waals surface area contributed by atoms with Gasteiger partial charge in [0.15, 0.2) is 0 Å². The normalized spacial score (nSPS) is 16.0. The third-order valence-corrected chi connectivity index (χ3v) is 8.06. The zero-order valence-corrected chi connectivity index (χ0v) is 20.5. The van der Waals surface area contributed by atoms with Crippen LogP contribution in [0.1, 0.15) is 79.3 Å². The summed E-state index contributed by atoms with van der Waals surface area (Å²) in [5.74, 6) is -0.00853. The molecular formula is C26H36N2O3S. The predicted molar refractivity (Wildman–Crippen MR) is 129 cm³/mol. The molecule has 0 bridgehead atoms. The molecule has 1 saturated carbocycles. The summed E-state index contributed by atoms with van der Waals surface area (Å²) in [6.45, 7) is 8.26. The lowest BCUT2D eigenvalue weighted by Gasteiger charge is -2.22. The van der Waals surface area contributed by atoms with Crippen LogP contribution in [0.4, 0.5) is 0 Å². The molecule has 0 aromatic heterocycles. The number of hydrogen-bond acceptors (Lipinski definition) is 3. The summed E-state index contributed by atoms with van der Waals surface area (Å²) in [4.78, 5) is 12.8. The molecule has 1 amide bonds. The van der Waals surface area contributed by atoms with Crippen LogP contribution >= 0.6 is 0 Å². The fraction of sp³-hybridized carbons (Fsp3) is 0.500. The number of hydrogen-bond donors (Lipinski definition) is 2. The molecule has 6 heteroatoms. The van der Waals surface area contributed by atoms with E-state index in [1.54, 1.807) is 24.3 Å². The van der Waals surface area contributed by atoms with Gasteiger partial charge in [0.25, 0.3) is 0 Å². The summed E-state index contributed by atoms with van der Waals surface area (Å²) in [6, 6.07) is 11.2. The number of benzene rings is 2. The highest BCUT2D eigenvalue weighted by atomic mass is 32.2. The molecule has 0 aliphatic heterocycles. The maximum absolute atomic E-state index is 12.6. The van der Waals surface area contributed by atoms with Crippen LogP contribution < -0.4 is 10.0 Å². The number of sulfonamides is 1. The highest BCUT2D eigenvalue weighted by Crippen LogP contribution is 2.22. The van der Waals surface area contributed by atoms with E-state index in [1.165, 1.54) is 23.1 Å². The van der Waals surface area contributed by atoms with Gasteiger partial charge in [-0.25, -0.2) is 13.1 Å². The number of amides is 1. The van der Waals surface area contributed by atoms with Crippen molar-refractivity contribution in [3.63, 3.8) is 0 Å². The molecule has 1 aliphatic carbocycles. The maximum Gasteiger partial charge on any atom is 0.240 e. The maximum atomic E-state index is 12.6. The van der Waals surface area contributed by atoms with Crippen molar-refractivity contribution in [3.8, 4) is 0 Å². The third kappa shape index (κ3) is 6.42. The number of carbonyl (C=O) groups is 1. The Balaban J connectivity index is 1.53. The van der Waals surface area contributed by atoms with E-state index in [0.717, 1.165) is 36.8 Å². The highest BCUT2D eigenvalue weighted by molar-refractivity contribution is 7.89. The van der Waals surface area contributed by atoms with Crippen molar-refractivity contribution in [2.75, 3.05) is 0 Å². The van der Waals surface area contributed by atoms with E-state index in [4.69, 9.17) is 0 Å². The van der Waals surface area contributed by atoms with Crippen LogP contribution in [0.2, 0.25) is 0 Å². The quantitative estimate of drug-likeness (QED) is 0.585. The van der Waals surface area contributed by atoms with Gasteiger partial charge in [0.05, 0.1) is 10.9 Å². The standard InChI is InChI=1S/C26H36N2O3S/c1-18-16-20(3)25(17-19(18)2)21(4)27-26(29)15-12-22-10-13-24(14-11-22)32(30,31)28-23-8-6-5-7-9-23/h10-11,13-14,16-17,21,23,28H,5-9,12,15H2,1-4H3,(H,27,29)/t21-/m1/s1. The van der Waals surface area contributed by atoms with Gasteiger partial charge in [-0.15, -0.1) is 0 Å². The van der Waals surface area contributed by atoms with Crippen LogP contribution in [0.15, 0.2) is 41.3 Å². The molecule has 2 aromatic carbocycles. The predicted octanol–water partition coefficient (Wildman–Crippen LogP) is 5.03. The number of carbonyl (C=O) groups excluding carboxylic acids is 1. The Labute approximate surface area is 193 Å². The number of nitrogens with one attached hydrogen (secondary N) is 2. The van der Waals surface area contributed by atoms with Gasteiger partial charge in [-0.2, -0.15) is 0 Å². The van der Waals surface area contributed by atoms with Gasteiger partial charge < -0.3 is 5.32 Å². The lowest BCUT2D eigenvalue weighted by molar-refractivity contribution is -0.121. The first-order chi connectivity index (χ1) is 15.2. The van der Waals surface area contributed by atoms with Gasteiger partial charge in [0.1, 0.15) is 0 Å². The molecule has 0 heterocycles. The monoisotopic (exact) mass is 456 g/mol. The molecule has 0 radical (unpaired) electrons. The minimum atomic E-state index is -3.49. The van der Waals surface area contributed by atoms with Crippen LogP contribution in [-0.4, -0.2) is 20.4 Å². The van der Waals surface area contributed by atoms with Crippen molar-refractivity contribution < 1.29 is 13.2 Å². The van der Waals surface area contributed by atoms with E-state index in [-0.39, 0.29) is 22.9 Å².